The van der Waals surface area contributed by atoms with E-state index in [4.69, 9.17) is 10.00 Å². The van der Waals surface area contributed by atoms with E-state index in [0.29, 0.717) is 25.7 Å². The topological polar surface area (TPSA) is 65.4 Å². The van der Waals surface area contributed by atoms with Gasteiger partial charge >= 0.3 is 0 Å². The Morgan fingerprint density at radius 3 is 3.07 bits per heavy atom. The molecule has 0 aromatic rings. The third-order valence-electron chi connectivity index (χ3n) is 2.60. The number of morpholine rings is 1. The molecule has 0 aromatic heterocycles. The van der Waals surface area contributed by atoms with E-state index in [1.165, 1.54) is 0 Å². The van der Waals surface area contributed by atoms with Crippen LogP contribution in [0.2, 0.25) is 0 Å². The second kappa shape index (κ2) is 4.60. The first-order valence-electron chi connectivity index (χ1n) is 5.31. The lowest BCUT2D eigenvalue weighted by atomic mass is 10.3. The van der Waals surface area contributed by atoms with Crippen LogP contribution in [0.4, 0.5) is 0 Å². The van der Waals surface area contributed by atoms with E-state index < -0.39 is 0 Å². The summed E-state index contributed by atoms with van der Waals surface area (Å²) in [7, 11) is 0. The molecular weight excluding hydrogens is 194 g/mol. The van der Waals surface area contributed by atoms with Crippen molar-refractivity contribution in [1.29, 1.82) is 5.26 Å². The van der Waals surface area contributed by atoms with Crippen LogP contribution in [0.15, 0.2) is 0 Å². The van der Waals surface area contributed by atoms with Gasteiger partial charge in [-0.25, -0.2) is 0 Å². The van der Waals surface area contributed by atoms with Gasteiger partial charge in [0, 0.05) is 19.1 Å². The largest absolute Gasteiger partial charge is 0.361 e. The van der Waals surface area contributed by atoms with Crippen molar-refractivity contribution in [3.8, 4) is 6.07 Å². The van der Waals surface area contributed by atoms with Gasteiger partial charge in [0.25, 0.3) is 0 Å². The van der Waals surface area contributed by atoms with Gasteiger partial charge in [0.1, 0.15) is 0 Å². The number of amides is 1. The zero-order chi connectivity index (χ0) is 10.7. The molecule has 1 aliphatic heterocycles. The highest BCUT2D eigenvalue weighted by molar-refractivity contribution is 5.78. The maximum absolute atomic E-state index is 11.5. The van der Waals surface area contributed by atoms with Gasteiger partial charge in [-0.3, -0.25) is 9.69 Å². The van der Waals surface area contributed by atoms with Crippen molar-refractivity contribution in [2.24, 2.45) is 0 Å². The highest BCUT2D eigenvalue weighted by Gasteiger charge is 2.26. The van der Waals surface area contributed by atoms with E-state index >= 15 is 0 Å². The summed E-state index contributed by atoms with van der Waals surface area (Å²) in [5, 5.41) is 11.6. The van der Waals surface area contributed by atoms with Crippen molar-refractivity contribution in [3.63, 3.8) is 0 Å². The lowest BCUT2D eigenvalue weighted by Crippen LogP contribution is -2.46. The van der Waals surface area contributed by atoms with Crippen molar-refractivity contribution < 1.29 is 9.53 Å². The predicted molar refractivity (Wildman–Crippen MR) is 53.0 cm³/mol. The molecule has 0 spiro atoms. The predicted octanol–water partition coefficient (Wildman–Crippen LogP) is -0.511. The fourth-order valence-corrected chi connectivity index (χ4v) is 1.63. The number of nitriles is 1. The molecule has 1 atom stereocenters. The van der Waals surface area contributed by atoms with Crippen molar-refractivity contribution in [2.45, 2.75) is 25.0 Å². The molecule has 0 bridgehead atoms. The van der Waals surface area contributed by atoms with Crippen LogP contribution in [0.3, 0.4) is 0 Å². The Labute approximate surface area is 89.0 Å². The Bertz CT molecular complexity index is 283. The Kier molecular flexibility index (Phi) is 3.19. The molecule has 2 rings (SSSR count). The minimum absolute atomic E-state index is 0.0658. The SMILES string of the molecule is N#CC1CN(CC(=O)NC2CC2)CCO1. The second-order valence-electron chi connectivity index (χ2n) is 4.07. The summed E-state index contributed by atoms with van der Waals surface area (Å²) in [6, 6.07) is 2.47. The van der Waals surface area contributed by atoms with E-state index in [1.807, 2.05) is 4.90 Å². The van der Waals surface area contributed by atoms with Crippen LogP contribution in [0.5, 0.6) is 0 Å². The summed E-state index contributed by atoms with van der Waals surface area (Å²) in [6.45, 7) is 2.19. The fraction of sp³-hybridized carbons (Fsp3) is 0.800. The van der Waals surface area contributed by atoms with Crippen LogP contribution in [0, 0.1) is 11.3 Å². The maximum Gasteiger partial charge on any atom is 0.234 e. The summed E-state index contributed by atoms with van der Waals surface area (Å²) in [5.41, 5.74) is 0. The lowest BCUT2D eigenvalue weighted by molar-refractivity contribution is -0.123. The molecule has 15 heavy (non-hydrogen) atoms. The second-order valence-corrected chi connectivity index (χ2v) is 4.07. The summed E-state index contributed by atoms with van der Waals surface area (Å²) in [4.78, 5) is 13.4. The summed E-state index contributed by atoms with van der Waals surface area (Å²) in [6.07, 6.45) is 1.83. The smallest absolute Gasteiger partial charge is 0.234 e. The normalized spacial score (nSPS) is 27.0. The van der Waals surface area contributed by atoms with E-state index in [9.17, 15) is 4.79 Å². The maximum atomic E-state index is 11.5. The van der Waals surface area contributed by atoms with Crippen LogP contribution in [-0.2, 0) is 9.53 Å². The molecule has 1 aliphatic carbocycles. The zero-order valence-electron chi connectivity index (χ0n) is 8.61. The molecule has 5 nitrogen and oxygen atoms in total. The number of hydrogen-bond acceptors (Lipinski definition) is 4. The highest BCUT2D eigenvalue weighted by atomic mass is 16.5. The van der Waals surface area contributed by atoms with Gasteiger partial charge < -0.3 is 10.1 Å². The van der Waals surface area contributed by atoms with E-state index in [1.54, 1.807) is 0 Å². The fourth-order valence-electron chi connectivity index (χ4n) is 1.63. The molecule has 1 unspecified atom stereocenters. The third-order valence-corrected chi connectivity index (χ3v) is 2.60. The average molecular weight is 209 g/mol. The number of hydrogen-bond donors (Lipinski definition) is 1. The third kappa shape index (κ3) is 3.18. The summed E-state index contributed by atoms with van der Waals surface area (Å²) in [5.74, 6) is 0.0658. The Morgan fingerprint density at radius 2 is 2.40 bits per heavy atom. The Balaban J connectivity index is 1.73. The number of ether oxygens (including phenoxy) is 1. The number of nitrogens with zero attached hydrogens (tertiary/aromatic N) is 2. The average Bonchev–Trinajstić information content (AvgIpc) is 3.02. The van der Waals surface area contributed by atoms with Gasteiger partial charge in [0.05, 0.1) is 19.2 Å². The van der Waals surface area contributed by atoms with Gasteiger partial charge in [0.15, 0.2) is 6.10 Å². The number of carbonyl (C=O) groups is 1. The summed E-state index contributed by atoms with van der Waals surface area (Å²) < 4.78 is 5.20. The van der Waals surface area contributed by atoms with Gasteiger partial charge in [-0.2, -0.15) is 5.26 Å². The molecule has 82 valence electrons. The monoisotopic (exact) mass is 209 g/mol. The van der Waals surface area contributed by atoms with Crippen LogP contribution in [-0.4, -0.2) is 49.2 Å². The first kappa shape index (κ1) is 10.4. The van der Waals surface area contributed by atoms with Gasteiger partial charge in [-0.05, 0) is 12.8 Å². The quantitative estimate of drug-likeness (QED) is 0.680. The number of carbonyl (C=O) groups excluding carboxylic acids is 1. The lowest BCUT2D eigenvalue weighted by Gasteiger charge is -2.28. The van der Waals surface area contributed by atoms with E-state index in [0.717, 1.165) is 19.4 Å². The zero-order valence-corrected chi connectivity index (χ0v) is 8.61. The van der Waals surface area contributed by atoms with Crippen molar-refractivity contribution >= 4 is 5.91 Å². The van der Waals surface area contributed by atoms with Gasteiger partial charge in [-0.15, -0.1) is 0 Å². The first-order chi connectivity index (χ1) is 7.28. The standard InChI is InChI=1S/C10H15N3O2/c11-5-9-6-13(3-4-15-9)7-10(14)12-8-1-2-8/h8-9H,1-4,6-7H2,(H,12,14). The van der Waals surface area contributed by atoms with E-state index in [2.05, 4.69) is 11.4 Å². The number of rotatable bonds is 3. The molecule has 0 radical (unpaired) electrons. The molecule has 2 fully saturated rings. The highest BCUT2D eigenvalue weighted by Crippen LogP contribution is 2.18. The first-order valence-corrected chi connectivity index (χ1v) is 5.31. The molecule has 1 N–H and O–H groups in total. The van der Waals surface area contributed by atoms with Crippen molar-refractivity contribution in [1.82, 2.24) is 10.2 Å². The number of nitrogens with one attached hydrogen (secondary N) is 1. The van der Waals surface area contributed by atoms with Crippen LogP contribution >= 0.6 is 0 Å². The van der Waals surface area contributed by atoms with Gasteiger partial charge in [-0.1, -0.05) is 0 Å². The summed E-state index contributed by atoms with van der Waals surface area (Å²) >= 11 is 0. The Hall–Kier alpha value is -1.12. The molecule has 1 heterocycles. The van der Waals surface area contributed by atoms with Crippen LogP contribution in [0.1, 0.15) is 12.8 Å². The van der Waals surface area contributed by atoms with Gasteiger partial charge in [0.2, 0.25) is 5.91 Å². The van der Waals surface area contributed by atoms with E-state index in [-0.39, 0.29) is 12.0 Å². The minimum atomic E-state index is -0.382. The van der Waals surface area contributed by atoms with Crippen molar-refractivity contribution in [2.75, 3.05) is 26.2 Å². The molecule has 1 amide bonds. The van der Waals surface area contributed by atoms with Crippen LogP contribution < -0.4 is 5.32 Å². The molecular formula is C10H15N3O2. The molecule has 0 aromatic carbocycles. The molecule has 2 aliphatic rings. The van der Waals surface area contributed by atoms with Crippen molar-refractivity contribution in [3.05, 3.63) is 0 Å². The Morgan fingerprint density at radius 1 is 1.60 bits per heavy atom. The van der Waals surface area contributed by atoms with Crippen LogP contribution in [0.25, 0.3) is 0 Å². The molecule has 1 saturated heterocycles. The molecule has 1 saturated carbocycles. The minimum Gasteiger partial charge on any atom is -0.361 e. The molecule has 5 heteroatoms.